The second kappa shape index (κ2) is 179. The van der Waals surface area contributed by atoms with Gasteiger partial charge in [-0.2, -0.15) is 111 Å². The second-order valence-electron chi connectivity index (χ2n) is 32.9. The van der Waals surface area contributed by atoms with Gasteiger partial charge in [-0.1, -0.05) is 260 Å². The predicted octanol–water partition coefficient (Wildman–Crippen LogP) is 9.92. The van der Waals surface area contributed by atoms with Gasteiger partial charge in [0.15, 0.2) is 5.94 Å². The third-order valence-corrected chi connectivity index (χ3v) is 837. The van der Waals surface area contributed by atoms with Gasteiger partial charge >= 0.3 is 11.0 Å². The highest BCUT2D eigenvalue weighted by Crippen LogP contribution is 2.43. The zero-order chi connectivity index (χ0) is 104. The molecule has 0 spiro atoms. The van der Waals surface area contributed by atoms with Crippen LogP contribution in [0.2, 0.25) is 141 Å². The molecule has 0 N–H and O–H groups in total. The molecule has 0 amide bonds. The molecule has 0 bridgehead atoms. The average Bonchev–Trinajstić information content (AvgIpc) is 0.872. The maximum absolute atomic E-state index is 6.78. The van der Waals surface area contributed by atoms with Crippen LogP contribution >= 0.6 is 525 Å². The first-order chi connectivity index (χ1) is 59.4. The minimum absolute atomic E-state index is 0. The van der Waals surface area contributed by atoms with Crippen molar-refractivity contribution in [1.29, 1.82) is 0 Å². The molecule has 8 saturated heterocycles. The molecule has 0 aromatic heterocycles. The van der Waals surface area contributed by atoms with Crippen molar-refractivity contribution in [2.45, 2.75) is 260 Å². The maximum Gasteiger partial charge on any atom is 0.338 e. The SMILES string of the molecule is C.C.C.C.C.C.C.C.C.C.C.C.C.C.C.C.C[SiH2][Si]1(C)[SiH2]C[SiH2]C([SiH3])[SiH2][SiH2]1.C[SiH2][Si]1(C)[SiH2][SiH2]C([SiH3])C([SiH3])[SiH2][SiH2][SiH]1C.C[SiH]1[SiH2]C[SiH2]C([SiH3])[SiH2][SiH2]1.C[SiH]1[SiH2][SiH2]C([SiH3])C([SiH3])[SiH2][SiH2][SiH]1C.ClCl.ClCl.ClCl.ClCl.ClCl.ClCl.ClCl.ClCl.ClCl.ClCl.ClCl.ClCl.ClCl.ClCl.ClCl.ClCl.Cl[Si](Cl)(Cl)[Si]1(Cl)[SiH2]C[SiH2]C[SiH2][SiH2]1.Cl[Si](Cl)(Cl)[Si]1(Cl)[SiH2][SiH2]CC[SiH2][SiH2][Si]1(Cl)Cl.Cl[Si]1(Cl)[SiH2]C[SiH2]C[SiH2][SiH2]1.Cl[Si]1(Cl)[SiH2][SiH2]CC[SiH2][SiH2][Si]1(Cl)Cl. The highest BCUT2D eigenvalue weighted by molar-refractivity contribution is 8.28. The summed E-state index contributed by atoms with van der Waals surface area (Å²) in [6.45, 7) is 22.0. The Morgan fingerprint density at radius 3 is 0.908 bits per heavy atom. The van der Waals surface area contributed by atoms with Crippen molar-refractivity contribution in [3.63, 3.8) is 0 Å². The Balaban J connectivity index is -0.0000000307. The van der Waals surface area contributed by atoms with E-state index in [0.717, 1.165) is 8.55 Å². The van der Waals surface area contributed by atoms with Crippen LogP contribution in [0.25, 0.3) is 0 Å². The molecule has 8 rings (SSSR count). The van der Waals surface area contributed by atoms with Gasteiger partial charge in [-0.05, 0) is 71.8 Å². The summed E-state index contributed by atoms with van der Waals surface area (Å²) in [6.07, 6.45) is 0. The predicted molar refractivity (Wildman–Crippen MR) is 942 cm³/mol. The topological polar surface area (TPSA) is 0 Å². The molecule has 8 aliphatic heterocycles. The van der Waals surface area contributed by atoms with Gasteiger partial charge in [-0.15, -0.1) is 66.5 Å². The van der Waals surface area contributed by atoms with Crippen LogP contribution in [0.1, 0.15) is 119 Å². The van der Waals surface area contributed by atoms with E-state index in [2.05, 4.69) is 400 Å². The molecule has 8 aliphatic rings. The van der Waals surface area contributed by atoms with Gasteiger partial charge in [0.05, 0.1) is 0 Å². The van der Waals surface area contributed by atoms with Gasteiger partial charge in [-0.25, -0.2) is 0 Å². The summed E-state index contributed by atoms with van der Waals surface area (Å²) in [5, 5.41) is 6.05. The van der Waals surface area contributed by atoms with E-state index in [-0.39, 0.29) is 278 Å². The summed E-state index contributed by atoms with van der Waals surface area (Å²) in [5.74, 6) is -3.88. The molecule has 0 aliphatic carbocycles. The highest BCUT2D eigenvalue weighted by atomic mass is 36.5. The van der Waals surface area contributed by atoms with E-state index in [4.69, 9.17) is 177 Å². The quantitative estimate of drug-likeness (QED) is 0.195. The number of hydrogen-bond acceptors (Lipinski definition) is 0. The van der Waals surface area contributed by atoms with Crippen LogP contribution in [0.5, 0.6) is 0 Å². The van der Waals surface area contributed by atoms with E-state index in [9.17, 15) is 0 Å². The Bertz CT molecular complexity index is 2000. The number of rotatable bonds is 4. The van der Waals surface area contributed by atoms with E-state index >= 15 is 0 Å². The molecule has 142 heavy (non-hydrogen) atoms. The van der Waals surface area contributed by atoms with Crippen LogP contribution in [-0.2, 0) is 0 Å². The largest absolute Gasteiger partial charge is 0.338 e. The third-order valence-electron chi connectivity index (χ3n) is 24.7. The molecule has 916 valence electrons. The van der Waals surface area contributed by atoms with Crippen molar-refractivity contribution in [3.05, 3.63) is 0 Å². The smallest absolute Gasteiger partial charge is 0.174 e. The van der Waals surface area contributed by atoms with Crippen molar-refractivity contribution >= 4 is 980 Å². The monoisotopic (exact) mass is 3870 g/mol. The maximum atomic E-state index is 6.78. The molecule has 0 radical (unpaired) electrons. The Kier molecular flexibility index (Phi) is 320. The molecule has 14 unspecified atom stereocenters. The van der Waals surface area contributed by atoms with Gasteiger partial charge in [0.1, 0.15) is 0 Å². The first-order valence-corrected chi connectivity index (χ1v) is 236. The Labute approximate surface area is 1220 Å². The molecule has 8 heterocycles. The molecule has 0 aromatic carbocycles. The second-order valence-corrected chi connectivity index (χ2v) is 468. The molecule has 102 heteroatoms. The van der Waals surface area contributed by atoms with Crippen LogP contribution in [-0.4, -0.2) is 455 Å². The van der Waals surface area contributed by atoms with Crippen molar-refractivity contribution < 1.29 is 0 Å². The summed E-state index contributed by atoms with van der Waals surface area (Å²) in [4.78, 5) is 3.12. The van der Waals surface area contributed by atoms with E-state index < -0.39 is 45.8 Å². The summed E-state index contributed by atoms with van der Waals surface area (Å²) in [7, 11) is 155. The van der Waals surface area contributed by atoms with Crippen molar-refractivity contribution in [3.8, 4) is 0 Å². The van der Waals surface area contributed by atoms with Crippen LogP contribution in [0.4, 0.5) is 0 Å². The summed E-state index contributed by atoms with van der Waals surface area (Å²) in [5.41, 5.74) is -2.43. The fraction of sp³-hybridized carbons (Fsp3) is 1.00. The Hall–Kier alpha value is 25.6. The fourth-order valence-electron chi connectivity index (χ4n) is 14.7. The lowest BCUT2D eigenvalue weighted by Crippen LogP contribution is -2.73. The van der Waals surface area contributed by atoms with Crippen LogP contribution in [0.15, 0.2) is 0 Å². The van der Waals surface area contributed by atoms with E-state index in [1.54, 1.807) is 88.0 Å². The third kappa shape index (κ3) is 147. The molecule has 0 aromatic rings. The molecule has 0 saturated carbocycles. The first kappa shape index (κ1) is 253. The van der Waals surface area contributed by atoms with Gasteiger partial charge in [-0.3, -0.25) is 0 Å². The summed E-state index contributed by atoms with van der Waals surface area (Å²) < 4.78 is 0. The molecule has 0 nitrogen and oxygen atoms in total. The van der Waals surface area contributed by atoms with E-state index in [0.29, 0.717) is 180 Å². The highest BCUT2D eigenvalue weighted by Gasteiger charge is 2.66. The minimum atomic E-state index is -2.80. The average molecular weight is 3900 g/mol. The van der Waals surface area contributed by atoms with E-state index in [1.165, 1.54) is 50.5 Å². The molecular weight excluding hydrogens is 3700 g/mol. The Morgan fingerprint density at radius 1 is 0.289 bits per heavy atom. The summed E-state index contributed by atoms with van der Waals surface area (Å²) >= 11 is 102. The lowest BCUT2D eigenvalue weighted by molar-refractivity contribution is 1.24. The molecule has 8 fully saturated rings. The van der Waals surface area contributed by atoms with Crippen LogP contribution < -0.4 is 0 Å². The molecule has 14 atom stereocenters. The van der Waals surface area contributed by atoms with Gasteiger partial charge in [0, 0.05) is 685 Å². The minimum Gasteiger partial charge on any atom is -0.174 e. The normalized spacial score (nSPS) is 30.7. The van der Waals surface area contributed by atoms with E-state index in [1.807, 2.05) is 11.3 Å². The van der Waals surface area contributed by atoms with Crippen LogP contribution in [0, 0.1) is 0 Å². The fourth-order valence-corrected chi connectivity index (χ4v) is 1130. The first-order valence-electron chi connectivity index (χ1n) is 40.7. The lowest BCUT2D eigenvalue weighted by Gasteiger charge is -2.38. The molecular formula is C40H204Cl48Si54. The van der Waals surface area contributed by atoms with Crippen LogP contribution in [0.3, 0.4) is 0 Å². The standard InChI is InChI=1S/C5H28Si9.C4H24Si8.C4H22Si7.C3H18Si6.C2H12Cl6Si7.2C2H12Cl4Si6.C2H12Cl2Si5.16CH4.16Cl2/c1-8-14(3)12-10-5(7)4(6)9-11-13(14)2;1-11-9-7-3(5)4(6)8-10-12(11)2;1-6-11(2)8-3-7-4(5)9-10-11;1-9-6-2-5-3(4)7-8-9;3-13(4,5)15(8)12-10-2-1-9-11-14(15,6)7;3-11(4,5)12(6)9-2-7-1-8-10-12;3-11(4)9-7-1-2-8-10-12(11,5)6;3-9(4)7-2-5-1-6-8-9;;;;;;;;;;;;;;;;;16*1-2/h4-5,13H,8-12H2,1-3,6-7H3;3-4,11-12H,7-10H2,1-2,5-6H3;4H,3,6-10H2,1-2,5H3;3,9H,2,5-8H2,1,4H3;1-2,9-12H2;2*1-2,7-10H2;1-2,5-8H2;16*1H4;;;;;;;;;;;;;;;;. The zero-order valence-electron chi connectivity index (χ0n) is 74.0. The van der Waals surface area contributed by atoms with Gasteiger partial charge < -0.3 is 0 Å². The van der Waals surface area contributed by atoms with Crippen molar-refractivity contribution in [2.75, 3.05) is 0 Å². The number of hydrogen-bond donors (Lipinski definition) is 0. The van der Waals surface area contributed by atoms with Gasteiger partial charge in [0.25, 0.3) is 0 Å². The van der Waals surface area contributed by atoms with Crippen molar-refractivity contribution in [1.82, 2.24) is 0 Å². The summed E-state index contributed by atoms with van der Waals surface area (Å²) in [6, 6.07) is 5.96. The Morgan fingerprint density at radius 2 is 0.585 bits per heavy atom. The number of halogens is 48. The lowest BCUT2D eigenvalue weighted by atomic mass is 10.9. The zero-order valence-corrected chi connectivity index (χ0v) is 185. The van der Waals surface area contributed by atoms with Crippen molar-refractivity contribution in [2.24, 2.45) is 0 Å². The van der Waals surface area contributed by atoms with Gasteiger partial charge in [0.2, 0.25) is 28.9 Å².